The predicted octanol–water partition coefficient (Wildman–Crippen LogP) is 1.47. The standard InChI is InChI=1S/C24H33N5O2/c1-20-8-5-6-15-28(20)16-7-12-27-23(30)11-17-29(19-21-9-3-2-4-10-21)24(31)22-18-25-13-14-26-22/h2-4,9-10,13-14,18,20H,5-8,11-12,15-17,19H2,1H3,(H,27,30)/p+1/t20-/m0/s1. The highest BCUT2D eigenvalue weighted by Gasteiger charge is 2.21. The Morgan fingerprint density at radius 1 is 1.19 bits per heavy atom. The van der Waals surface area contributed by atoms with E-state index in [-0.39, 0.29) is 23.9 Å². The molecule has 1 saturated heterocycles. The number of likely N-dealkylation sites (tertiary alicyclic amines) is 1. The molecule has 0 spiro atoms. The summed E-state index contributed by atoms with van der Waals surface area (Å²) in [4.78, 5) is 36.7. The zero-order valence-electron chi connectivity index (χ0n) is 18.4. The highest BCUT2D eigenvalue weighted by atomic mass is 16.2. The summed E-state index contributed by atoms with van der Waals surface area (Å²) in [5, 5.41) is 3.02. The Morgan fingerprint density at radius 2 is 2.03 bits per heavy atom. The van der Waals surface area contributed by atoms with Crippen molar-refractivity contribution in [3.8, 4) is 0 Å². The number of benzene rings is 1. The highest BCUT2D eigenvalue weighted by Crippen LogP contribution is 2.09. The molecule has 1 aliphatic rings. The Morgan fingerprint density at radius 3 is 2.77 bits per heavy atom. The van der Waals surface area contributed by atoms with E-state index in [0.29, 0.717) is 19.6 Å². The fraction of sp³-hybridized carbons (Fsp3) is 0.500. The summed E-state index contributed by atoms with van der Waals surface area (Å²) in [5.74, 6) is -0.237. The van der Waals surface area contributed by atoms with Crippen LogP contribution in [0.25, 0.3) is 0 Å². The molecule has 0 saturated carbocycles. The van der Waals surface area contributed by atoms with E-state index in [4.69, 9.17) is 0 Å². The summed E-state index contributed by atoms with van der Waals surface area (Å²) in [5.41, 5.74) is 1.30. The maximum absolute atomic E-state index is 12.9. The van der Waals surface area contributed by atoms with E-state index < -0.39 is 0 Å². The van der Waals surface area contributed by atoms with Crippen LogP contribution in [-0.4, -0.2) is 58.9 Å². The lowest BCUT2D eigenvalue weighted by atomic mass is 10.0. The van der Waals surface area contributed by atoms with Crippen LogP contribution in [0.2, 0.25) is 0 Å². The van der Waals surface area contributed by atoms with Gasteiger partial charge < -0.3 is 15.1 Å². The number of hydrogen-bond donors (Lipinski definition) is 2. The molecule has 3 rings (SSSR count). The second-order valence-corrected chi connectivity index (χ2v) is 8.31. The number of aromatic nitrogens is 2. The molecule has 7 nitrogen and oxygen atoms in total. The van der Waals surface area contributed by atoms with E-state index in [9.17, 15) is 9.59 Å². The Hall–Kier alpha value is -2.80. The third-order valence-corrected chi connectivity index (χ3v) is 5.97. The van der Waals surface area contributed by atoms with Crippen molar-refractivity contribution >= 4 is 11.8 Å². The van der Waals surface area contributed by atoms with Crippen LogP contribution >= 0.6 is 0 Å². The van der Waals surface area contributed by atoms with Crippen molar-refractivity contribution in [2.24, 2.45) is 0 Å². The van der Waals surface area contributed by atoms with Crippen LogP contribution in [0.5, 0.6) is 0 Å². The van der Waals surface area contributed by atoms with Gasteiger partial charge in [0.2, 0.25) is 5.91 Å². The fourth-order valence-corrected chi connectivity index (χ4v) is 4.12. The number of quaternary nitrogens is 1. The Labute approximate surface area is 184 Å². The van der Waals surface area contributed by atoms with Crippen LogP contribution < -0.4 is 10.2 Å². The predicted molar refractivity (Wildman–Crippen MR) is 119 cm³/mol. The minimum atomic E-state index is -0.215. The summed E-state index contributed by atoms with van der Waals surface area (Å²) >= 11 is 0. The van der Waals surface area contributed by atoms with E-state index in [2.05, 4.69) is 22.2 Å². The minimum absolute atomic E-state index is 0.0216. The van der Waals surface area contributed by atoms with Crippen LogP contribution in [0, 0.1) is 0 Å². The van der Waals surface area contributed by atoms with E-state index in [1.54, 1.807) is 9.80 Å². The zero-order valence-corrected chi connectivity index (χ0v) is 18.4. The van der Waals surface area contributed by atoms with E-state index >= 15 is 0 Å². The average molecular weight is 425 g/mol. The van der Waals surface area contributed by atoms with Gasteiger partial charge in [-0.2, -0.15) is 0 Å². The molecule has 2 aromatic rings. The topological polar surface area (TPSA) is 79.6 Å². The van der Waals surface area contributed by atoms with Crippen LogP contribution in [-0.2, 0) is 11.3 Å². The molecule has 7 heteroatoms. The summed E-state index contributed by atoms with van der Waals surface area (Å²) in [7, 11) is 0. The monoisotopic (exact) mass is 424 g/mol. The molecule has 31 heavy (non-hydrogen) atoms. The van der Waals surface area contributed by atoms with Gasteiger partial charge in [0.25, 0.3) is 5.91 Å². The summed E-state index contributed by atoms with van der Waals surface area (Å²) in [6.07, 6.45) is 9.72. The number of piperidine rings is 1. The number of carbonyl (C=O) groups excluding carboxylic acids is 2. The molecule has 1 aromatic heterocycles. The lowest BCUT2D eigenvalue weighted by Gasteiger charge is -2.30. The maximum Gasteiger partial charge on any atom is 0.274 e. The van der Waals surface area contributed by atoms with Crippen molar-refractivity contribution in [2.45, 2.75) is 51.6 Å². The van der Waals surface area contributed by atoms with Crippen molar-refractivity contribution in [2.75, 3.05) is 26.2 Å². The van der Waals surface area contributed by atoms with Gasteiger partial charge in [0.15, 0.2) is 0 Å². The Kier molecular flexibility index (Phi) is 8.97. The van der Waals surface area contributed by atoms with E-state index in [1.807, 2.05) is 30.3 Å². The molecular weight excluding hydrogens is 390 g/mol. The molecule has 166 valence electrons. The number of rotatable bonds is 10. The molecule has 2 heterocycles. The third kappa shape index (κ3) is 7.43. The molecular formula is C24H34N5O2+. The maximum atomic E-state index is 12.9. The van der Waals surface area contributed by atoms with Gasteiger partial charge in [0, 0.05) is 44.9 Å². The molecule has 1 aliphatic heterocycles. The van der Waals surface area contributed by atoms with Crippen LogP contribution in [0.3, 0.4) is 0 Å². The molecule has 1 unspecified atom stereocenters. The smallest absolute Gasteiger partial charge is 0.274 e. The first-order valence-corrected chi connectivity index (χ1v) is 11.3. The second-order valence-electron chi connectivity index (χ2n) is 8.31. The van der Waals surface area contributed by atoms with Crippen molar-refractivity contribution in [3.63, 3.8) is 0 Å². The van der Waals surface area contributed by atoms with Gasteiger partial charge in [-0.3, -0.25) is 14.6 Å². The van der Waals surface area contributed by atoms with Crippen molar-refractivity contribution in [3.05, 3.63) is 60.2 Å². The summed E-state index contributed by atoms with van der Waals surface area (Å²) in [6, 6.07) is 10.5. The quantitative estimate of drug-likeness (QED) is 0.566. The van der Waals surface area contributed by atoms with Crippen LogP contribution in [0.15, 0.2) is 48.9 Å². The molecule has 2 N–H and O–H groups in total. The van der Waals surface area contributed by atoms with E-state index in [1.165, 1.54) is 44.4 Å². The van der Waals surface area contributed by atoms with Gasteiger partial charge in [-0.1, -0.05) is 30.3 Å². The fourth-order valence-electron chi connectivity index (χ4n) is 4.12. The van der Waals surface area contributed by atoms with Crippen LogP contribution in [0.4, 0.5) is 0 Å². The molecule has 0 bridgehead atoms. The van der Waals surface area contributed by atoms with Gasteiger partial charge in [-0.15, -0.1) is 0 Å². The van der Waals surface area contributed by atoms with Gasteiger partial charge >= 0.3 is 0 Å². The molecule has 2 atom stereocenters. The number of carbonyl (C=O) groups is 2. The molecule has 0 aliphatic carbocycles. The van der Waals surface area contributed by atoms with E-state index in [0.717, 1.165) is 24.6 Å². The normalized spacial score (nSPS) is 18.4. The lowest BCUT2D eigenvalue weighted by molar-refractivity contribution is -0.928. The number of nitrogens with zero attached hydrogens (tertiary/aromatic N) is 3. The van der Waals surface area contributed by atoms with Gasteiger partial charge in [-0.25, -0.2) is 4.98 Å². The number of amides is 2. The number of hydrogen-bond acceptors (Lipinski definition) is 4. The first-order chi connectivity index (χ1) is 15.1. The highest BCUT2D eigenvalue weighted by molar-refractivity contribution is 5.92. The Bertz CT molecular complexity index is 815. The van der Waals surface area contributed by atoms with Crippen LogP contribution in [0.1, 0.15) is 55.1 Å². The zero-order chi connectivity index (χ0) is 21.9. The third-order valence-electron chi connectivity index (χ3n) is 5.97. The average Bonchev–Trinajstić information content (AvgIpc) is 2.81. The molecule has 1 fully saturated rings. The summed E-state index contributed by atoms with van der Waals surface area (Å²) < 4.78 is 0. The van der Waals surface area contributed by atoms with Gasteiger partial charge in [0.1, 0.15) is 5.69 Å². The van der Waals surface area contributed by atoms with Crippen molar-refractivity contribution in [1.82, 2.24) is 20.2 Å². The van der Waals surface area contributed by atoms with Gasteiger partial charge in [-0.05, 0) is 31.7 Å². The molecule has 1 aromatic carbocycles. The van der Waals surface area contributed by atoms with Gasteiger partial charge in [0.05, 0.1) is 25.3 Å². The lowest BCUT2D eigenvalue weighted by Crippen LogP contribution is -3.16. The molecule has 0 radical (unpaired) electrons. The first kappa shape index (κ1) is 22.9. The van der Waals surface area contributed by atoms with Crippen molar-refractivity contribution in [1.29, 1.82) is 0 Å². The number of nitrogens with one attached hydrogen (secondary N) is 2. The molecule has 2 amide bonds. The largest absolute Gasteiger partial charge is 0.356 e. The second kappa shape index (κ2) is 12.2. The summed E-state index contributed by atoms with van der Waals surface area (Å²) in [6.45, 7) is 6.12. The Balaban J connectivity index is 1.47. The van der Waals surface area contributed by atoms with Crippen molar-refractivity contribution < 1.29 is 14.5 Å². The SMILES string of the molecule is C[C@H]1CCCC[NH+]1CCCNC(=O)CCN(Cc1ccccc1)C(=O)c1cnccn1. The minimum Gasteiger partial charge on any atom is -0.356 e. The first-order valence-electron chi connectivity index (χ1n) is 11.3.